The summed E-state index contributed by atoms with van der Waals surface area (Å²) >= 11 is 4.70. The number of nitrogens with one attached hydrogen (secondary N) is 1. The highest BCUT2D eigenvalue weighted by molar-refractivity contribution is 7.81. The molecular weight excluding hydrogens is 168 g/mol. The molecule has 2 aliphatic heterocycles. The fourth-order valence-corrected chi connectivity index (χ4v) is 3.03. The Morgan fingerprint density at radius 2 is 2.17 bits per heavy atom. The predicted octanol–water partition coefficient (Wildman–Crippen LogP) is 0.454. The summed E-state index contributed by atoms with van der Waals surface area (Å²) in [6.07, 6.45) is 0. The molecule has 70 valence electrons. The first kappa shape index (κ1) is 8.85. The van der Waals surface area contributed by atoms with Gasteiger partial charge < -0.3 is 10.2 Å². The number of nitrogens with zero attached hydrogens (tertiary/aromatic N) is 1. The largest absolute Gasteiger partial charge is 0.315 e. The molecule has 4 unspecified atom stereocenters. The smallest absolute Gasteiger partial charge is 0.0268 e. The molecule has 1 N–H and O–H groups in total. The second kappa shape index (κ2) is 3.20. The number of likely N-dealkylation sites (tertiary alicyclic amines) is 1. The van der Waals surface area contributed by atoms with E-state index in [2.05, 4.69) is 24.2 Å². The predicted molar refractivity (Wildman–Crippen MR) is 54.7 cm³/mol. The van der Waals surface area contributed by atoms with E-state index in [4.69, 9.17) is 12.6 Å². The molecule has 0 bridgehead atoms. The van der Waals surface area contributed by atoms with Crippen LogP contribution >= 0.6 is 12.6 Å². The molecule has 2 heterocycles. The second-order valence-electron chi connectivity index (χ2n) is 4.30. The Kier molecular flexibility index (Phi) is 2.36. The van der Waals surface area contributed by atoms with Gasteiger partial charge in [-0.15, -0.1) is 0 Å². The maximum Gasteiger partial charge on any atom is 0.0268 e. The van der Waals surface area contributed by atoms with Crippen LogP contribution in [0.4, 0.5) is 0 Å². The molecule has 0 radical (unpaired) electrons. The van der Waals surface area contributed by atoms with Crippen molar-refractivity contribution in [3.63, 3.8) is 0 Å². The molecule has 12 heavy (non-hydrogen) atoms. The van der Waals surface area contributed by atoms with Crippen molar-refractivity contribution in [2.75, 3.05) is 26.7 Å². The minimum absolute atomic E-state index is 0.598. The van der Waals surface area contributed by atoms with Crippen LogP contribution in [0.5, 0.6) is 0 Å². The Morgan fingerprint density at radius 3 is 2.92 bits per heavy atom. The van der Waals surface area contributed by atoms with Crippen LogP contribution in [0.1, 0.15) is 6.92 Å². The molecule has 2 fully saturated rings. The second-order valence-corrected chi connectivity index (χ2v) is 4.89. The van der Waals surface area contributed by atoms with Crippen molar-refractivity contribution in [1.29, 1.82) is 0 Å². The number of likely N-dealkylation sites (N-methyl/N-ethyl adjacent to an activating group) is 1. The van der Waals surface area contributed by atoms with Gasteiger partial charge in [-0.1, -0.05) is 6.92 Å². The first-order valence-corrected chi connectivity index (χ1v) is 5.31. The van der Waals surface area contributed by atoms with Gasteiger partial charge in [0.2, 0.25) is 0 Å². The van der Waals surface area contributed by atoms with Crippen molar-refractivity contribution in [3.05, 3.63) is 0 Å². The SMILES string of the molecule is CC1CN(C)C2CNCC2C1S. The lowest BCUT2D eigenvalue weighted by Crippen LogP contribution is -2.51. The lowest BCUT2D eigenvalue weighted by atomic mass is 9.86. The number of hydrogen-bond acceptors (Lipinski definition) is 3. The molecule has 2 saturated heterocycles. The molecule has 0 saturated carbocycles. The summed E-state index contributed by atoms with van der Waals surface area (Å²) in [5.41, 5.74) is 0. The highest BCUT2D eigenvalue weighted by atomic mass is 32.1. The molecule has 2 nitrogen and oxygen atoms in total. The van der Waals surface area contributed by atoms with Crippen molar-refractivity contribution in [2.24, 2.45) is 11.8 Å². The van der Waals surface area contributed by atoms with Crippen molar-refractivity contribution in [3.8, 4) is 0 Å². The Hall–Kier alpha value is 0.270. The van der Waals surface area contributed by atoms with Gasteiger partial charge in [0.25, 0.3) is 0 Å². The third-order valence-corrected chi connectivity index (χ3v) is 4.28. The van der Waals surface area contributed by atoms with Crippen LogP contribution in [-0.4, -0.2) is 42.9 Å². The molecule has 0 aromatic heterocycles. The topological polar surface area (TPSA) is 15.3 Å². The van der Waals surface area contributed by atoms with Gasteiger partial charge in [0.1, 0.15) is 0 Å². The zero-order chi connectivity index (χ0) is 8.72. The van der Waals surface area contributed by atoms with Crippen LogP contribution in [0, 0.1) is 11.8 Å². The van der Waals surface area contributed by atoms with Crippen LogP contribution in [0.15, 0.2) is 0 Å². The Bertz CT molecular complexity index is 174. The van der Waals surface area contributed by atoms with Crippen molar-refractivity contribution < 1.29 is 0 Å². The summed E-state index contributed by atoms with van der Waals surface area (Å²) in [6, 6.07) is 0.740. The molecule has 2 rings (SSSR count). The standard InChI is InChI=1S/C9H18N2S/c1-6-5-11(2)8-4-10-3-7(8)9(6)12/h6-10,12H,3-5H2,1-2H3. The van der Waals surface area contributed by atoms with Crippen molar-refractivity contribution in [2.45, 2.75) is 18.2 Å². The van der Waals surface area contributed by atoms with E-state index in [-0.39, 0.29) is 0 Å². The summed E-state index contributed by atoms with van der Waals surface area (Å²) in [4.78, 5) is 2.49. The molecule has 0 aromatic carbocycles. The molecule has 3 heteroatoms. The van der Waals surface area contributed by atoms with Crippen LogP contribution < -0.4 is 5.32 Å². The number of fused-ring (bicyclic) bond motifs is 1. The van der Waals surface area contributed by atoms with Crippen LogP contribution in [0.25, 0.3) is 0 Å². The minimum atomic E-state index is 0.598. The highest BCUT2D eigenvalue weighted by Gasteiger charge is 2.41. The van der Waals surface area contributed by atoms with Crippen LogP contribution in [-0.2, 0) is 0 Å². The minimum Gasteiger partial charge on any atom is -0.315 e. The van der Waals surface area contributed by atoms with E-state index < -0.39 is 0 Å². The van der Waals surface area contributed by atoms with Gasteiger partial charge in [0, 0.05) is 36.8 Å². The van der Waals surface area contributed by atoms with Crippen LogP contribution in [0.2, 0.25) is 0 Å². The molecule has 4 atom stereocenters. The van der Waals surface area contributed by atoms with Gasteiger partial charge in [-0.25, -0.2) is 0 Å². The highest BCUT2D eigenvalue weighted by Crippen LogP contribution is 2.32. The molecule has 0 spiro atoms. The van der Waals surface area contributed by atoms with E-state index in [1.165, 1.54) is 6.54 Å². The summed E-state index contributed by atoms with van der Waals surface area (Å²) < 4.78 is 0. The number of hydrogen-bond donors (Lipinski definition) is 2. The van der Waals surface area contributed by atoms with Crippen LogP contribution in [0.3, 0.4) is 0 Å². The lowest BCUT2D eigenvalue weighted by Gasteiger charge is -2.41. The van der Waals surface area contributed by atoms with Crippen molar-refractivity contribution in [1.82, 2.24) is 10.2 Å². The number of rotatable bonds is 0. The first-order chi connectivity index (χ1) is 5.70. The Balaban J connectivity index is 2.12. The van der Waals surface area contributed by atoms with Gasteiger partial charge in [0.05, 0.1) is 0 Å². The summed E-state index contributed by atoms with van der Waals surface area (Å²) in [7, 11) is 2.24. The average Bonchev–Trinajstić information content (AvgIpc) is 2.48. The average molecular weight is 186 g/mol. The molecule has 2 aliphatic rings. The Morgan fingerprint density at radius 1 is 1.42 bits per heavy atom. The van der Waals surface area contributed by atoms with E-state index in [0.717, 1.165) is 31.0 Å². The molecule has 0 aromatic rings. The number of thiol groups is 1. The van der Waals surface area contributed by atoms with Gasteiger partial charge in [-0.05, 0) is 13.0 Å². The summed E-state index contributed by atoms with van der Waals surface area (Å²) in [5, 5.41) is 4.05. The third kappa shape index (κ3) is 1.28. The van der Waals surface area contributed by atoms with E-state index in [1.54, 1.807) is 0 Å². The Labute approximate surface area is 80.1 Å². The first-order valence-electron chi connectivity index (χ1n) is 4.79. The van der Waals surface area contributed by atoms with Gasteiger partial charge >= 0.3 is 0 Å². The van der Waals surface area contributed by atoms with Gasteiger partial charge in [-0.2, -0.15) is 12.6 Å². The quantitative estimate of drug-likeness (QED) is 0.534. The molecule has 0 aliphatic carbocycles. The molecular formula is C9H18N2S. The van der Waals surface area contributed by atoms with Gasteiger partial charge in [-0.3, -0.25) is 0 Å². The monoisotopic (exact) mass is 186 g/mol. The van der Waals surface area contributed by atoms with E-state index in [1.807, 2.05) is 0 Å². The van der Waals surface area contributed by atoms with Crippen molar-refractivity contribution >= 4 is 12.6 Å². The molecule has 0 amide bonds. The zero-order valence-corrected chi connectivity index (χ0v) is 8.72. The van der Waals surface area contributed by atoms with Gasteiger partial charge in [0.15, 0.2) is 0 Å². The summed E-state index contributed by atoms with van der Waals surface area (Å²) in [5.74, 6) is 1.50. The number of piperidine rings is 1. The fraction of sp³-hybridized carbons (Fsp3) is 1.00. The third-order valence-electron chi connectivity index (χ3n) is 3.39. The van der Waals surface area contributed by atoms with E-state index in [9.17, 15) is 0 Å². The summed E-state index contributed by atoms with van der Waals surface area (Å²) in [6.45, 7) is 5.83. The van der Waals surface area contributed by atoms with E-state index in [0.29, 0.717) is 5.25 Å². The van der Waals surface area contributed by atoms with E-state index >= 15 is 0 Å². The lowest BCUT2D eigenvalue weighted by molar-refractivity contribution is 0.125. The normalized spacial score (nSPS) is 49.2. The maximum atomic E-state index is 4.70. The maximum absolute atomic E-state index is 4.70. The fourth-order valence-electron chi connectivity index (χ4n) is 2.64. The zero-order valence-electron chi connectivity index (χ0n) is 7.83.